The summed E-state index contributed by atoms with van der Waals surface area (Å²) in [6, 6.07) is 6.05. The van der Waals surface area contributed by atoms with Gasteiger partial charge < -0.3 is 5.73 Å². The summed E-state index contributed by atoms with van der Waals surface area (Å²) in [6.45, 7) is 7.53. The molecule has 58 valence electrons. The third-order valence-corrected chi connectivity index (χ3v) is 1.54. The summed E-state index contributed by atoms with van der Waals surface area (Å²) >= 11 is 0. The van der Waals surface area contributed by atoms with Crippen LogP contribution in [0.25, 0.3) is 0 Å². The number of nitrogens with two attached hydrogens (primary N) is 1. The van der Waals surface area contributed by atoms with E-state index >= 15 is 0 Å². The molecule has 0 bridgehead atoms. The second kappa shape index (κ2) is 4.35. The number of hydrogen-bond donors (Lipinski definition) is 1. The molecule has 2 heteroatoms. The number of para-hydroxylation sites is 1. The van der Waals surface area contributed by atoms with E-state index in [1.54, 1.807) is 0 Å². The molecule has 0 radical (unpaired) electrons. The van der Waals surface area contributed by atoms with Crippen molar-refractivity contribution in [3.63, 3.8) is 0 Å². The van der Waals surface area contributed by atoms with Crippen LogP contribution in [0.5, 0.6) is 0 Å². The Hall–Kier alpha value is -1.49. The van der Waals surface area contributed by atoms with Crippen molar-refractivity contribution in [2.45, 2.75) is 13.8 Å². The van der Waals surface area contributed by atoms with Crippen LogP contribution < -0.4 is 5.73 Å². The van der Waals surface area contributed by atoms with Gasteiger partial charge in [0.2, 0.25) is 0 Å². The Balaban J connectivity index is 0.000000461. The van der Waals surface area contributed by atoms with Gasteiger partial charge in [-0.1, -0.05) is 18.2 Å². The topological polar surface area (TPSA) is 49.8 Å². The molecule has 0 atom stereocenters. The third-order valence-electron chi connectivity index (χ3n) is 1.54. The number of nitrogen functional groups attached to an aromatic ring is 1. The van der Waals surface area contributed by atoms with Crippen molar-refractivity contribution in [3.05, 3.63) is 29.3 Å². The number of hydrogen-bond acceptors (Lipinski definition) is 2. The van der Waals surface area contributed by atoms with Gasteiger partial charge in [0.1, 0.15) is 0 Å². The SMILES string of the molecule is C#N.Cc1cccc(C)c1N. The minimum Gasteiger partial charge on any atom is -0.398 e. The maximum Gasteiger partial charge on any atom is 0.0462 e. The smallest absolute Gasteiger partial charge is 0.0462 e. The summed E-state index contributed by atoms with van der Waals surface area (Å²) in [5.41, 5.74) is 8.92. The van der Waals surface area contributed by atoms with Gasteiger partial charge >= 0.3 is 0 Å². The fourth-order valence-electron chi connectivity index (χ4n) is 0.827. The lowest BCUT2D eigenvalue weighted by molar-refractivity contribution is 1.39. The lowest BCUT2D eigenvalue weighted by atomic mass is 10.1. The molecule has 0 unspecified atom stereocenters. The van der Waals surface area contributed by atoms with Crippen molar-refractivity contribution in [2.24, 2.45) is 0 Å². The lowest BCUT2D eigenvalue weighted by Crippen LogP contribution is -1.91. The van der Waals surface area contributed by atoms with Crippen LogP contribution in [0.2, 0.25) is 0 Å². The van der Waals surface area contributed by atoms with Gasteiger partial charge in [-0.15, -0.1) is 0 Å². The van der Waals surface area contributed by atoms with Crippen LogP contribution in [0.15, 0.2) is 18.2 Å². The van der Waals surface area contributed by atoms with Gasteiger partial charge in [0.15, 0.2) is 0 Å². The Bertz CT molecular complexity index is 231. The second-order valence-corrected chi connectivity index (χ2v) is 2.31. The highest BCUT2D eigenvalue weighted by Crippen LogP contribution is 2.13. The Morgan fingerprint density at radius 1 is 1.18 bits per heavy atom. The maximum absolute atomic E-state index is 6.50. The minimum absolute atomic E-state index is 0.914. The van der Waals surface area contributed by atoms with Crippen LogP contribution in [0, 0.1) is 25.7 Å². The highest BCUT2D eigenvalue weighted by molar-refractivity contribution is 5.52. The monoisotopic (exact) mass is 148 g/mol. The Labute approximate surface area is 67.3 Å². The summed E-state index contributed by atoms with van der Waals surface area (Å²) in [5, 5.41) is 6.50. The summed E-state index contributed by atoms with van der Waals surface area (Å²) in [5.74, 6) is 0. The van der Waals surface area contributed by atoms with E-state index in [1.165, 1.54) is 0 Å². The summed E-state index contributed by atoms with van der Waals surface area (Å²) < 4.78 is 0. The first-order chi connectivity index (χ1) is 5.22. The largest absolute Gasteiger partial charge is 0.398 e. The Morgan fingerprint density at radius 3 is 1.82 bits per heavy atom. The fourth-order valence-corrected chi connectivity index (χ4v) is 0.827. The van der Waals surface area contributed by atoms with E-state index in [4.69, 9.17) is 11.0 Å². The zero-order valence-corrected chi connectivity index (χ0v) is 6.83. The van der Waals surface area contributed by atoms with E-state index in [1.807, 2.05) is 32.0 Å². The molecule has 0 aliphatic rings. The van der Waals surface area contributed by atoms with Crippen molar-refractivity contribution in [1.82, 2.24) is 0 Å². The molecule has 0 saturated carbocycles. The van der Waals surface area contributed by atoms with E-state index in [0.717, 1.165) is 16.8 Å². The van der Waals surface area contributed by atoms with Crippen LogP contribution in [0.4, 0.5) is 5.69 Å². The van der Waals surface area contributed by atoms with Gasteiger partial charge in [-0.25, -0.2) is 5.26 Å². The lowest BCUT2D eigenvalue weighted by Gasteiger charge is -2.00. The molecular weight excluding hydrogens is 136 g/mol. The summed E-state index contributed by atoms with van der Waals surface area (Å²) in [7, 11) is 0. The predicted octanol–water partition coefficient (Wildman–Crippen LogP) is 2.03. The molecule has 1 aromatic rings. The van der Waals surface area contributed by atoms with Crippen molar-refractivity contribution in [1.29, 1.82) is 5.26 Å². The maximum atomic E-state index is 6.50. The highest BCUT2D eigenvalue weighted by atomic mass is 14.6. The summed E-state index contributed by atoms with van der Waals surface area (Å²) in [6.07, 6.45) is 0. The quantitative estimate of drug-likeness (QED) is 0.572. The zero-order chi connectivity index (χ0) is 8.85. The van der Waals surface area contributed by atoms with Gasteiger partial charge in [0.25, 0.3) is 0 Å². The number of rotatable bonds is 0. The van der Waals surface area contributed by atoms with Crippen LogP contribution >= 0.6 is 0 Å². The normalized spacial score (nSPS) is 8.00. The number of nitrogens with zero attached hydrogens (tertiary/aromatic N) is 1. The number of anilines is 1. The zero-order valence-electron chi connectivity index (χ0n) is 6.83. The molecule has 0 heterocycles. The number of benzene rings is 1. The van der Waals surface area contributed by atoms with Crippen LogP contribution in [0.1, 0.15) is 11.1 Å². The Kier molecular flexibility index (Phi) is 3.76. The van der Waals surface area contributed by atoms with E-state index < -0.39 is 0 Å². The second-order valence-electron chi connectivity index (χ2n) is 2.31. The standard InChI is InChI=1S/C8H11N.CHN/c1-6-4-3-5-7(2)8(6)9;1-2/h3-5H,9H2,1-2H3;1H. The predicted molar refractivity (Wildman–Crippen MR) is 47.0 cm³/mol. The van der Waals surface area contributed by atoms with Crippen LogP contribution in [0.3, 0.4) is 0 Å². The van der Waals surface area contributed by atoms with Crippen LogP contribution in [-0.4, -0.2) is 0 Å². The molecule has 0 fully saturated rings. The van der Waals surface area contributed by atoms with E-state index in [0.29, 0.717) is 0 Å². The van der Waals surface area contributed by atoms with Gasteiger partial charge in [-0.05, 0) is 25.0 Å². The number of nitriles is 1. The molecule has 2 nitrogen and oxygen atoms in total. The molecule has 0 saturated heterocycles. The molecule has 11 heavy (non-hydrogen) atoms. The first-order valence-corrected chi connectivity index (χ1v) is 3.29. The average Bonchev–Trinajstić information content (AvgIpc) is 2.04. The first-order valence-electron chi connectivity index (χ1n) is 3.29. The molecule has 0 aliphatic carbocycles. The van der Waals surface area contributed by atoms with Crippen molar-refractivity contribution < 1.29 is 0 Å². The van der Waals surface area contributed by atoms with E-state index in [2.05, 4.69) is 6.57 Å². The molecule has 1 rings (SSSR count). The Morgan fingerprint density at radius 2 is 1.55 bits per heavy atom. The van der Waals surface area contributed by atoms with E-state index in [-0.39, 0.29) is 0 Å². The molecule has 0 spiro atoms. The third kappa shape index (κ3) is 2.30. The molecule has 0 amide bonds. The molecular formula is C9H12N2. The first kappa shape index (κ1) is 9.51. The van der Waals surface area contributed by atoms with Gasteiger partial charge in [-0.2, -0.15) is 0 Å². The molecule has 0 aliphatic heterocycles. The molecule has 1 aromatic carbocycles. The highest BCUT2D eigenvalue weighted by Gasteiger charge is 1.92. The van der Waals surface area contributed by atoms with Crippen molar-refractivity contribution in [3.8, 4) is 6.57 Å². The average molecular weight is 148 g/mol. The van der Waals surface area contributed by atoms with Gasteiger partial charge in [0.05, 0.1) is 0 Å². The summed E-state index contributed by atoms with van der Waals surface area (Å²) in [4.78, 5) is 0. The number of aryl methyl sites for hydroxylation is 2. The minimum atomic E-state index is 0.914. The van der Waals surface area contributed by atoms with Gasteiger partial charge in [-0.3, -0.25) is 0 Å². The molecule has 2 N–H and O–H groups in total. The van der Waals surface area contributed by atoms with Crippen LogP contribution in [-0.2, 0) is 0 Å². The van der Waals surface area contributed by atoms with Crippen molar-refractivity contribution >= 4 is 5.69 Å². The van der Waals surface area contributed by atoms with Crippen molar-refractivity contribution in [2.75, 3.05) is 5.73 Å². The van der Waals surface area contributed by atoms with Gasteiger partial charge in [0, 0.05) is 12.3 Å². The molecule has 0 aromatic heterocycles. The fraction of sp³-hybridized carbons (Fsp3) is 0.222. The van der Waals surface area contributed by atoms with E-state index in [9.17, 15) is 0 Å².